The number of para-hydroxylation sites is 1. The van der Waals surface area contributed by atoms with E-state index in [1.54, 1.807) is 16.7 Å². The molecule has 0 aliphatic heterocycles. The third kappa shape index (κ3) is 3.30. The van der Waals surface area contributed by atoms with E-state index in [4.69, 9.17) is 0 Å². The minimum Gasteiger partial charge on any atom is -0.343 e. The van der Waals surface area contributed by atoms with Gasteiger partial charge in [-0.15, -0.1) is 0 Å². The second-order valence-electron chi connectivity index (χ2n) is 5.13. The van der Waals surface area contributed by atoms with Gasteiger partial charge in [-0.2, -0.15) is 0 Å². The molecule has 0 unspecified atom stereocenters. The Morgan fingerprint density at radius 1 is 1.12 bits per heavy atom. The number of hydrogen-bond donors (Lipinski definition) is 2. The maximum absolute atomic E-state index is 12.2. The van der Waals surface area contributed by atoms with E-state index < -0.39 is 11.8 Å². The number of halogens is 1. The van der Waals surface area contributed by atoms with E-state index >= 15 is 0 Å². The third-order valence-corrected chi connectivity index (χ3v) is 3.99. The Bertz CT molecular complexity index is 920. The van der Waals surface area contributed by atoms with Crippen molar-refractivity contribution in [1.82, 2.24) is 20.4 Å². The molecular weight excluding hydrogens is 372 g/mol. The van der Waals surface area contributed by atoms with Gasteiger partial charge in [0.2, 0.25) is 0 Å². The molecule has 3 aromatic rings. The first-order chi connectivity index (χ1) is 11.6. The highest BCUT2D eigenvalue weighted by atomic mass is 79.9. The summed E-state index contributed by atoms with van der Waals surface area (Å²) in [5.74, 6) is -0.862. The van der Waals surface area contributed by atoms with Crippen molar-refractivity contribution in [2.24, 2.45) is 0 Å². The van der Waals surface area contributed by atoms with E-state index in [-0.39, 0.29) is 5.69 Å². The SMILES string of the molecule is CCn1cc(Br)cc1C(=O)NNC(=O)c1ccc2ccccc2n1. The van der Waals surface area contributed by atoms with Crippen molar-refractivity contribution in [1.29, 1.82) is 0 Å². The minimum absolute atomic E-state index is 0.237. The van der Waals surface area contributed by atoms with E-state index in [0.29, 0.717) is 12.2 Å². The molecule has 0 atom stereocenters. The molecule has 6 nitrogen and oxygen atoms in total. The number of fused-ring (bicyclic) bond motifs is 1. The predicted octanol–water partition coefficient (Wildman–Crippen LogP) is 2.89. The molecule has 0 saturated heterocycles. The van der Waals surface area contributed by atoms with Gasteiger partial charge in [0.25, 0.3) is 11.8 Å². The number of carbonyl (C=O) groups excluding carboxylic acids is 2. The number of benzene rings is 1. The molecule has 24 heavy (non-hydrogen) atoms. The molecular formula is C17H15BrN4O2. The summed E-state index contributed by atoms with van der Waals surface area (Å²) in [5.41, 5.74) is 6.22. The third-order valence-electron chi connectivity index (χ3n) is 3.56. The molecule has 0 fully saturated rings. The molecule has 2 amide bonds. The highest BCUT2D eigenvalue weighted by Gasteiger charge is 2.14. The number of amides is 2. The normalized spacial score (nSPS) is 10.6. The Hall–Kier alpha value is -2.67. The van der Waals surface area contributed by atoms with Crippen molar-refractivity contribution in [3.8, 4) is 0 Å². The first-order valence-corrected chi connectivity index (χ1v) is 8.20. The van der Waals surface area contributed by atoms with Crippen molar-refractivity contribution in [2.75, 3.05) is 0 Å². The van der Waals surface area contributed by atoms with Crippen LogP contribution in [-0.4, -0.2) is 21.4 Å². The standard InChI is InChI=1S/C17H15BrN4O2/c1-2-22-10-12(18)9-15(22)17(24)21-20-16(23)14-8-7-11-5-3-4-6-13(11)19-14/h3-10H,2H2,1H3,(H,20,23)(H,21,24). The van der Waals surface area contributed by atoms with Crippen molar-refractivity contribution >= 4 is 38.6 Å². The largest absolute Gasteiger partial charge is 0.343 e. The van der Waals surface area contributed by atoms with Gasteiger partial charge in [0.15, 0.2) is 0 Å². The van der Waals surface area contributed by atoms with Crippen LogP contribution in [0.2, 0.25) is 0 Å². The summed E-state index contributed by atoms with van der Waals surface area (Å²) < 4.78 is 2.58. The maximum atomic E-state index is 12.2. The summed E-state index contributed by atoms with van der Waals surface area (Å²) >= 11 is 3.33. The molecule has 2 aromatic heterocycles. The number of hydrogen-bond acceptors (Lipinski definition) is 3. The van der Waals surface area contributed by atoms with Crippen LogP contribution in [0.25, 0.3) is 10.9 Å². The van der Waals surface area contributed by atoms with E-state index in [0.717, 1.165) is 15.4 Å². The maximum Gasteiger partial charge on any atom is 0.288 e. The van der Waals surface area contributed by atoms with Crippen LogP contribution < -0.4 is 10.9 Å². The number of nitrogens with zero attached hydrogens (tertiary/aromatic N) is 2. The van der Waals surface area contributed by atoms with E-state index in [2.05, 4.69) is 31.8 Å². The molecule has 0 saturated carbocycles. The number of pyridine rings is 1. The fourth-order valence-electron chi connectivity index (χ4n) is 2.36. The van der Waals surface area contributed by atoms with E-state index in [1.165, 1.54) is 0 Å². The summed E-state index contributed by atoms with van der Waals surface area (Å²) in [6.07, 6.45) is 1.81. The molecule has 0 bridgehead atoms. The Morgan fingerprint density at radius 2 is 1.88 bits per heavy atom. The Balaban J connectivity index is 1.71. The van der Waals surface area contributed by atoms with Crippen LogP contribution in [0.1, 0.15) is 27.9 Å². The molecule has 0 aliphatic rings. The van der Waals surface area contributed by atoms with Crippen LogP contribution in [-0.2, 0) is 6.54 Å². The summed E-state index contributed by atoms with van der Waals surface area (Å²) in [7, 11) is 0. The summed E-state index contributed by atoms with van der Waals surface area (Å²) in [4.78, 5) is 28.7. The fraction of sp³-hybridized carbons (Fsp3) is 0.118. The fourth-order valence-corrected chi connectivity index (χ4v) is 2.82. The second-order valence-corrected chi connectivity index (χ2v) is 6.04. The lowest BCUT2D eigenvalue weighted by Crippen LogP contribution is -2.42. The van der Waals surface area contributed by atoms with Crippen molar-refractivity contribution < 1.29 is 9.59 Å². The molecule has 2 heterocycles. The van der Waals surface area contributed by atoms with Gasteiger partial charge < -0.3 is 4.57 Å². The number of carbonyl (C=O) groups is 2. The quantitative estimate of drug-likeness (QED) is 0.679. The van der Waals surface area contributed by atoms with E-state index in [9.17, 15) is 9.59 Å². The van der Waals surface area contributed by atoms with Crippen LogP contribution in [0.4, 0.5) is 0 Å². The predicted molar refractivity (Wildman–Crippen MR) is 94.5 cm³/mol. The summed E-state index contributed by atoms with van der Waals surface area (Å²) in [6.45, 7) is 2.58. The van der Waals surface area contributed by atoms with Crippen LogP contribution in [0.15, 0.2) is 53.1 Å². The second kappa shape index (κ2) is 6.84. The first-order valence-electron chi connectivity index (χ1n) is 7.40. The van der Waals surface area contributed by atoms with Gasteiger partial charge in [-0.25, -0.2) is 4.98 Å². The van der Waals surface area contributed by atoms with Gasteiger partial charge in [-0.3, -0.25) is 20.4 Å². The first kappa shape index (κ1) is 16.2. The van der Waals surface area contributed by atoms with Crippen molar-refractivity contribution in [3.63, 3.8) is 0 Å². The van der Waals surface area contributed by atoms with Gasteiger partial charge in [0, 0.05) is 22.6 Å². The highest BCUT2D eigenvalue weighted by molar-refractivity contribution is 9.10. The molecule has 0 aliphatic carbocycles. The molecule has 1 aromatic carbocycles. The Kier molecular flexibility index (Phi) is 4.61. The van der Waals surface area contributed by atoms with Gasteiger partial charge in [-0.1, -0.05) is 24.3 Å². The highest BCUT2D eigenvalue weighted by Crippen LogP contribution is 2.15. The summed E-state index contributed by atoms with van der Waals surface area (Å²) in [5, 5.41) is 0.948. The monoisotopic (exact) mass is 386 g/mol. The van der Waals surface area contributed by atoms with Crippen molar-refractivity contribution in [3.05, 3.63) is 64.5 Å². The van der Waals surface area contributed by atoms with Gasteiger partial charge in [0.1, 0.15) is 11.4 Å². The molecule has 122 valence electrons. The lowest BCUT2D eigenvalue weighted by atomic mass is 10.2. The van der Waals surface area contributed by atoms with Crippen LogP contribution in [0.5, 0.6) is 0 Å². The molecule has 0 radical (unpaired) electrons. The van der Waals surface area contributed by atoms with Crippen molar-refractivity contribution in [2.45, 2.75) is 13.5 Å². The lowest BCUT2D eigenvalue weighted by molar-refractivity contribution is 0.0839. The zero-order valence-electron chi connectivity index (χ0n) is 12.9. The number of nitrogens with one attached hydrogen (secondary N) is 2. The van der Waals surface area contributed by atoms with Gasteiger partial charge in [0.05, 0.1) is 5.52 Å². The van der Waals surface area contributed by atoms with Crippen LogP contribution in [0.3, 0.4) is 0 Å². The molecule has 0 spiro atoms. The number of rotatable bonds is 3. The Morgan fingerprint density at radius 3 is 2.67 bits per heavy atom. The minimum atomic E-state index is -0.470. The average molecular weight is 387 g/mol. The van der Waals surface area contributed by atoms with Gasteiger partial charge >= 0.3 is 0 Å². The number of hydrazine groups is 1. The summed E-state index contributed by atoms with van der Waals surface area (Å²) in [6, 6.07) is 12.6. The molecule has 7 heteroatoms. The Labute approximate surface area is 147 Å². The van der Waals surface area contributed by atoms with E-state index in [1.807, 2.05) is 43.5 Å². The molecule has 2 N–H and O–H groups in total. The zero-order chi connectivity index (χ0) is 17.1. The topological polar surface area (TPSA) is 76.0 Å². The van der Waals surface area contributed by atoms with Crippen LogP contribution >= 0.6 is 15.9 Å². The molecule has 3 rings (SSSR count). The number of aryl methyl sites for hydroxylation is 1. The lowest BCUT2D eigenvalue weighted by Gasteiger charge is -2.09. The van der Waals surface area contributed by atoms with Crippen LogP contribution in [0, 0.1) is 0 Å². The number of aromatic nitrogens is 2. The van der Waals surface area contributed by atoms with Gasteiger partial charge in [-0.05, 0) is 41.1 Å². The zero-order valence-corrected chi connectivity index (χ0v) is 14.5. The smallest absolute Gasteiger partial charge is 0.288 e. The average Bonchev–Trinajstić information content (AvgIpc) is 3.00.